The van der Waals surface area contributed by atoms with Crippen molar-refractivity contribution in [2.24, 2.45) is 0 Å². The SMILES string of the molecule is CC(C)c1ccc(O[C@@H]2CCN(CCO)C[C@@H]2F)cn1. The predicted molar refractivity (Wildman–Crippen MR) is 75.8 cm³/mol. The van der Waals surface area contributed by atoms with Gasteiger partial charge >= 0.3 is 0 Å². The lowest BCUT2D eigenvalue weighted by Crippen LogP contribution is -2.47. The van der Waals surface area contributed by atoms with E-state index in [4.69, 9.17) is 9.84 Å². The Kier molecular flexibility index (Phi) is 5.31. The molecule has 2 rings (SSSR count). The molecule has 5 heteroatoms. The Hall–Kier alpha value is -1.20. The van der Waals surface area contributed by atoms with Gasteiger partial charge in [-0.25, -0.2) is 4.39 Å². The van der Waals surface area contributed by atoms with Gasteiger partial charge in [-0.1, -0.05) is 13.8 Å². The normalized spacial score (nSPS) is 24.1. The van der Waals surface area contributed by atoms with Crippen molar-refractivity contribution in [3.63, 3.8) is 0 Å². The summed E-state index contributed by atoms with van der Waals surface area (Å²) in [6.45, 7) is 5.83. The largest absolute Gasteiger partial charge is 0.486 e. The first-order chi connectivity index (χ1) is 9.60. The van der Waals surface area contributed by atoms with Crippen molar-refractivity contribution >= 4 is 0 Å². The molecule has 1 aliphatic rings. The van der Waals surface area contributed by atoms with Gasteiger partial charge in [-0.2, -0.15) is 0 Å². The van der Waals surface area contributed by atoms with Crippen molar-refractivity contribution in [2.75, 3.05) is 26.2 Å². The first-order valence-corrected chi connectivity index (χ1v) is 7.20. The van der Waals surface area contributed by atoms with Crippen molar-refractivity contribution in [3.8, 4) is 5.75 Å². The van der Waals surface area contributed by atoms with Crippen LogP contribution in [0.1, 0.15) is 31.9 Å². The van der Waals surface area contributed by atoms with Crippen LogP contribution in [0.3, 0.4) is 0 Å². The quantitative estimate of drug-likeness (QED) is 0.897. The molecule has 1 aliphatic heterocycles. The van der Waals surface area contributed by atoms with Crippen LogP contribution in [0.5, 0.6) is 5.75 Å². The molecule has 4 nitrogen and oxygen atoms in total. The lowest BCUT2D eigenvalue weighted by Gasteiger charge is -2.34. The fourth-order valence-corrected chi connectivity index (χ4v) is 2.40. The fraction of sp³-hybridized carbons (Fsp3) is 0.667. The number of aliphatic hydroxyl groups is 1. The highest BCUT2D eigenvalue weighted by Crippen LogP contribution is 2.22. The minimum Gasteiger partial charge on any atom is -0.486 e. The molecular weight excluding hydrogens is 259 g/mol. The Bertz CT molecular complexity index is 411. The van der Waals surface area contributed by atoms with Crippen LogP contribution in [0.25, 0.3) is 0 Å². The highest BCUT2D eigenvalue weighted by atomic mass is 19.1. The number of β-amino-alcohol motifs (C(OH)–C–C–N with tert-alkyl or cyclic N) is 1. The maximum absolute atomic E-state index is 14.0. The predicted octanol–water partition coefficient (Wildman–Crippen LogP) is 1.99. The second-order valence-electron chi connectivity index (χ2n) is 5.56. The summed E-state index contributed by atoms with van der Waals surface area (Å²) in [5, 5.41) is 8.87. The minimum absolute atomic E-state index is 0.0683. The van der Waals surface area contributed by atoms with Crippen LogP contribution >= 0.6 is 0 Å². The summed E-state index contributed by atoms with van der Waals surface area (Å²) in [5.74, 6) is 0.998. The van der Waals surface area contributed by atoms with E-state index in [1.54, 1.807) is 6.20 Å². The topological polar surface area (TPSA) is 45.6 Å². The molecule has 0 saturated carbocycles. The lowest BCUT2D eigenvalue weighted by molar-refractivity contribution is 0.0166. The number of piperidine rings is 1. The molecule has 0 radical (unpaired) electrons. The molecule has 1 N–H and O–H groups in total. The Morgan fingerprint density at radius 1 is 1.50 bits per heavy atom. The third kappa shape index (κ3) is 3.90. The third-order valence-electron chi connectivity index (χ3n) is 3.62. The summed E-state index contributed by atoms with van der Waals surface area (Å²) in [4.78, 5) is 6.24. The molecule has 2 atom stereocenters. The zero-order valence-corrected chi connectivity index (χ0v) is 12.1. The summed E-state index contributed by atoms with van der Waals surface area (Å²) in [6.07, 6.45) is 0.853. The van der Waals surface area contributed by atoms with Crippen molar-refractivity contribution in [2.45, 2.75) is 38.5 Å². The molecule has 1 aromatic rings. The number of likely N-dealkylation sites (tertiary alicyclic amines) is 1. The molecular formula is C15H23FN2O2. The van der Waals surface area contributed by atoms with Crippen molar-refractivity contribution in [1.82, 2.24) is 9.88 Å². The van der Waals surface area contributed by atoms with E-state index in [1.165, 1.54) is 0 Å². The smallest absolute Gasteiger partial charge is 0.149 e. The van der Waals surface area contributed by atoms with E-state index in [-0.39, 0.29) is 6.61 Å². The zero-order valence-electron chi connectivity index (χ0n) is 12.1. The Balaban J connectivity index is 1.90. The van der Waals surface area contributed by atoms with E-state index >= 15 is 0 Å². The fourth-order valence-electron chi connectivity index (χ4n) is 2.40. The number of aliphatic hydroxyl groups excluding tert-OH is 1. The average molecular weight is 282 g/mol. The second-order valence-corrected chi connectivity index (χ2v) is 5.56. The van der Waals surface area contributed by atoms with E-state index in [9.17, 15) is 4.39 Å². The third-order valence-corrected chi connectivity index (χ3v) is 3.62. The van der Waals surface area contributed by atoms with Crippen LogP contribution in [0.4, 0.5) is 4.39 Å². The number of aromatic nitrogens is 1. The number of nitrogens with zero attached hydrogens (tertiary/aromatic N) is 2. The van der Waals surface area contributed by atoms with Gasteiger partial charge in [-0.05, 0) is 24.5 Å². The summed E-state index contributed by atoms with van der Waals surface area (Å²) in [7, 11) is 0. The number of hydrogen-bond donors (Lipinski definition) is 1. The molecule has 20 heavy (non-hydrogen) atoms. The molecule has 1 aromatic heterocycles. The molecule has 1 saturated heterocycles. The van der Waals surface area contributed by atoms with Crippen LogP contribution in [-0.4, -0.2) is 53.5 Å². The highest BCUT2D eigenvalue weighted by molar-refractivity contribution is 5.21. The zero-order chi connectivity index (χ0) is 14.5. The Morgan fingerprint density at radius 3 is 2.85 bits per heavy atom. The van der Waals surface area contributed by atoms with E-state index < -0.39 is 12.3 Å². The van der Waals surface area contributed by atoms with Crippen LogP contribution in [0, 0.1) is 0 Å². The molecule has 2 heterocycles. The number of ether oxygens (including phenoxy) is 1. The number of pyridine rings is 1. The summed E-state index contributed by atoms with van der Waals surface area (Å²) < 4.78 is 19.7. The highest BCUT2D eigenvalue weighted by Gasteiger charge is 2.30. The lowest BCUT2D eigenvalue weighted by atomic mass is 10.1. The van der Waals surface area contributed by atoms with E-state index in [2.05, 4.69) is 18.8 Å². The number of rotatable bonds is 5. The van der Waals surface area contributed by atoms with Gasteiger partial charge in [-0.15, -0.1) is 0 Å². The van der Waals surface area contributed by atoms with E-state index in [0.717, 1.165) is 12.2 Å². The molecule has 0 bridgehead atoms. The molecule has 0 amide bonds. The molecule has 112 valence electrons. The first-order valence-electron chi connectivity index (χ1n) is 7.20. The molecule has 0 aliphatic carbocycles. The first kappa shape index (κ1) is 15.2. The average Bonchev–Trinajstić information content (AvgIpc) is 2.43. The van der Waals surface area contributed by atoms with Crippen LogP contribution < -0.4 is 4.74 Å². The monoisotopic (exact) mass is 282 g/mol. The molecule has 0 aromatic carbocycles. The summed E-state index contributed by atoms with van der Waals surface area (Å²) in [6, 6.07) is 3.78. The molecule has 1 fully saturated rings. The maximum atomic E-state index is 14.0. The maximum Gasteiger partial charge on any atom is 0.149 e. The van der Waals surface area contributed by atoms with Crippen LogP contribution in [0.15, 0.2) is 18.3 Å². The molecule has 0 unspecified atom stereocenters. The van der Waals surface area contributed by atoms with Gasteiger partial charge in [0.05, 0.1) is 12.8 Å². The van der Waals surface area contributed by atoms with Gasteiger partial charge in [-0.3, -0.25) is 9.88 Å². The van der Waals surface area contributed by atoms with Gasteiger partial charge < -0.3 is 9.84 Å². The van der Waals surface area contributed by atoms with Gasteiger partial charge in [0, 0.05) is 25.3 Å². The van der Waals surface area contributed by atoms with Gasteiger partial charge in [0.1, 0.15) is 18.0 Å². The number of alkyl halides is 1. The number of halogens is 1. The second kappa shape index (κ2) is 6.99. The van der Waals surface area contributed by atoms with Crippen LogP contribution in [0.2, 0.25) is 0 Å². The van der Waals surface area contributed by atoms with Crippen LogP contribution in [-0.2, 0) is 0 Å². The van der Waals surface area contributed by atoms with Gasteiger partial charge in [0.2, 0.25) is 0 Å². The molecule has 0 spiro atoms. The van der Waals surface area contributed by atoms with Gasteiger partial charge in [0.15, 0.2) is 0 Å². The summed E-state index contributed by atoms with van der Waals surface area (Å²) in [5.41, 5.74) is 1.01. The number of hydrogen-bond acceptors (Lipinski definition) is 4. The van der Waals surface area contributed by atoms with Crippen molar-refractivity contribution in [1.29, 1.82) is 0 Å². The standard InChI is InChI=1S/C15H23FN2O2/c1-11(2)14-4-3-12(9-17-14)20-15-5-6-18(7-8-19)10-13(15)16/h3-4,9,11,13,15,19H,5-8,10H2,1-2H3/t13-,15+/m0/s1. The summed E-state index contributed by atoms with van der Waals surface area (Å²) >= 11 is 0. The van der Waals surface area contributed by atoms with Crippen molar-refractivity contribution in [3.05, 3.63) is 24.0 Å². The minimum atomic E-state index is -1.03. The Labute approximate surface area is 119 Å². The van der Waals surface area contributed by atoms with Crippen molar-refractivity contribution < 1.29 is 14.2 Å². The Morgan fingerprint density at radius 2 is 2.30 bits per heavy atom. The van der Waals surface area contributed by atoms with Gasteiger partial charge in [0.25, 0.3) is 0 Å². The van der Waals surface area contributed by atoms with E-state index in [1.807, 2.05) is 17.0 Å². The van der Waals surface area contributed by atoms with E-state index in [0.29, 0.717) is 31.2 Å².